The molecule has 0 spiro atoms. The molecule has 1 amide bonds. The second-order valence-electron chi connectivity index (χ2n) is 7.08. The van der Waals surface area contributed by atoms with Crippen molar-refractivity contribution in [3.63, 3.8) is 0 Å². The van der Waals surface area contributed by atoms with Crippen LogP contribution in [0.1, 0.15) is 24.0 Å². The van der Waals surface area contributed by atoms with Crippen LogP contribution in [-0.4, -0.2) is 33.6 Å². The highest BCUT2D eigenvalue weighted by molar-refractivity contribution is 7.91. The van der Waals surface area contributed by atoms with E-state index in [1.165, 1.54) is 18.2 Å². The number of hydrogen-bond donors (Lipinski definition) is 1. The van der Waals surface area contributed by atoms with Gasteiger partial charge in [0.05, 0.1) is 11.4 Å². The zero-order valence-electron chi connectivity index (χ0n) is 15.2. The summed E-state index contributed by atoms with van der Waals surface area (Å²) >= 11 is 0. The molecule has 1 N–H and O–H groups in total. The van der Waals surface area contributed by atoms with E-state index in [1.807, 2.05) is 6.07 Å². The summed E-state index contributed by atoms with van der Waals surface area (Å²) in [5, 5.41) is 0. The summed E-state index contributed by atoms with van der Waals surface area (Å²) in [5.74, 6) is -0.884. The van der Waals surface area contributed by atoms with Crippen molar-refractivity contribution >= 4 is 27.3 Å². The lowest BCUT2D eigenvalue weighted by Gasteiger charge is -2.21. The van der Waals surface area contributed by atoms with Crippen LogP contribution in [0, 0.1) is 5.82 Å². The largest absolute Gasteiger partial charge is 0.368 e. The maximum Gasteiger partial charge on any atom is 0.256 e. The quantitative estimate of drug-likeness (QED) is 0.832. The molecule has 6 nitrogen and oxygen atoms in total. The Labute approximate surface area is 163 Å². The number of hydrogen-bond acceptors (Lipinski definition) is 4. The van der Waals surface area contributed by atoms with E-state index in [4.69, 9.17) is 4.74 Å². The van der Waals surface area contributed by atoms with Gasteiger partial charge in [0, 0.05) is 18.8 Å². The number of carbonyl (C=O) groups excluding carboxylic acids is 1. The van der Waals surface area contributed by atoms with Crippen LogP contribution in [0.3, 0.4) is 0 Å². The van der Waals surface area contributed by atoms with Crippen molar-refractivity contribution in [2.75, 3.05) is 22.8 Å². The van der Waals surface area contributed by atoms with Gasteiger partial charge < -0.3 is 9.64 Å². The first-order valence-electron chi connectivity index (χ1n) is 9.22. The summed E-state index contributed by atoms with van der Waals surface area (Å²) in [6, 6.07) is 10.7. The van der Waals surface area contributed by atoms with Gasteiger partial charge in [-0.3, -0.25) is 9.52 Å². The fourth-order valence-corrected chi connectivity index (χ4v) is 4.86. The van der Waals surface area contributed by atoms with Gasteiger partial charge in [-0.05, 0) is 54.7 Å². The van der Waals surface area contributed by atoms with Crippen LogP contribution < -0.4 is 9.62 Å². The Balaban J connectivity index is 1.52. The highest BCUT2D eigenvalue weighted by atomic mass is 32.2. The fraction of sp³-hybridized carbons (Fsp3) is 0.350. The molecule has 2 aliphatic rings. The van der Waals surface area contributed by atoms with Gasteiger partial charge in [0.25, 0.3) is 5.91 Å². The molecular weight excluding hydrogens is 383 g/mol. The van der Waals surface area contributed by atoms with E-state index < -0.39 is 21.9 Å². The van der Waals surface area contributed by atoms with Crippen molar-refractivity contribution in [2.24, 2.45) is 0 Å². The molecule has 4 rings (SSSR count). The van der Waals surface area contributed by atoms with Crippen molar-refractivity contribution in [2.45, 2.75) is 31.1 Å². The molecule has 1 atom stereocenters. The Bertz CT molecular complexity index is 1000. The van der Waals surface area contributed by atoms with Gasteiger partial charge in [-0.15, -0.1) is 0 Å². The number of halogens is 1. The number of rotatable bonds is 5. The molecule has 8 heteroatoms. The Kier molecular flexibility index (Phi) is 5.07. The molecule has 0 bridgehead atoms. The van der Waals surface area contributed by atoms with Gasteiger partial charge in [-0.25, -0.2) is 12.8 Å². The van der Waals surface area contributed by atoms with Crippen LogP contribution in [0.25, 0.3) is 0 Å². The normalized spacial score (nSPS) is 18.9. The van der Waals surface area contributed by atoms with Crippen molar-refractivity contribution in [1.29, 1.82) is 0 Å². The van der Waals surface area contributed by atoms with Gasteiger partial charge in [0.1, 0.15) is 11.9 Å². The molecule has 1 fully saturated rings. The van der Waals surface area contributed by atoms with Crippen LogP contribution in [0.15, 0.2) is 42.5 Å². The van der Waals surface area contributed by atoms with Crippen molar-refractivity contribution in [3.05, 3.63) is 59.4 Å². The minimum absolute atomic E-state index is 0.0731. The predicted molar refractivity (Wildman–Crippen MR) is 104 cm³/mol. The van der Waals surface area contributed by atoms with Crippen LogP contribution in [-0.2, 0) is 31.7 Å². The molecule has 148 valence electrons. The lowest BCUT2D eigenvalue weighted by molar-refractivity contribution is -0.127. The third-order valence-corrected chi connectivity index (χ3v) is 6.23. The van der Waals surface area contributed by atoms with E-state index in [2.05, 4.69) is 4.72 Å². The zero-order valence-corrected chi connectivity index (χ0v) is 16.0. The second-order valence-corrected chi connectivity index (χ2v) is 8.80. The van der Waals surface area contributed by atoms with E-state index in [-0.39, 0.29) is 11.7 Å². The van der Waals surface area contributed by atoms with Gasteiger partial charge >= 0.3 is 0 Å². The number of nitrogens with zero attached hydrogens (tertiary/aromatic N) is 1. The summed E-state index contributed by atoms with van der Waals surface area (Å²) in [5.41, 5.74) is 2.46. The molecule has 2 aromatic rings. The van der Waals surface area contributed by atoms with E-state index >= 15 is 0 Å². The summed E-state index contributed by atoms with van der Waals surface area (Å²) in [6.45, 7) is 1.16. The Hall–Kier alpha value is -2.45. The fourth-order valence-electron chi connectivity index (χ4n) is 3.68. The standard InChI is InChI=1S/C20H21FN2O4S/c21-16-4-1-3-14(11-16)13-28(25,26)22-17-7-6-15-8-9-23(18(15)12-17)20(24)19-5-2-10-27-19/h1,3-4,6-7,11-12,19,22H,2,5,8-10,13H2. The van der Waals surface area contributed by atoms with Crippen molar-refractivity contribution in [1.82, 2.24) is 0 Å². The average Bonchev–Trinajstić information content (AvgIpc) is 3.30. The Morgan fingerprint density at radius 3 is 2.86 bits per heavy atom. The maximum atomic E-state index is 13.3. The first kappa shape index (κ1) is 18.9. The number of amides is 1. The SMILES string of the molecule is O=C(C1CCCO1)N1CCc2ccc(NS(=O)(=O)Cc3cccc(F)c3)cc21. The van der Waals surface area contributed by atoms with Crippen LogP contribution >= 0.6 is 0 Å². The summed E-state index contributed by atoms with van der Waals surface area (Å²) < 4.78 is 46.3. The number of sulfonamides is 1. The van der Waals surface area contributed by atoms with Crippen molar-refractivity contribution in [3.8, 4) is 0 Å². The lowest BCUT2D eigenvalue weighted by Crippen LogP contribution is -2.37. The van der Waals surface area contributed by atoms with Crippen LogP contribution in [0.4, 0.5) is 15.8 Å². The topological polar surface area (TPSA) is 75.7 Å². The van der Waals surface area contributed by atoms with E-state index in [1.54, 1.807) is 23.1 Å². The molecule has 0 saturated carbocycles. The number of anilines is 2. The van der Waals surface area contributed by atoms with Gasteiger partial charge in [0.2, 0.25) is 10.0 Å². The summed E-state index contributed by atoms with van der Waals surface area (Å²) in [6.07, 6.45) is 1.89. The predicted octanol–water partition coefficient (Wildman–Crippen LogP) is 2.84. The minimum Gasteiger partial charge on any atom is -0.368 e. The van der Waals surface area contributed by atoms with E-state index in [0.717, 1.165) is 18.4 Å². The molecule has 28 heavy (non-hydrogen) atoms. The first-order chi connectivity index (χ1) is 13.4. The van der Waals surface area contributed by atoms with Gasteiger partial charge in [0.15, 0.2) is 0 Å². The highest BCUT2D eigenvalue weighted by Gasteiger charge is 2.33. The summed E-state index contributed by atoms with van der Waals surface area (Å²) in [7, 11) is -3.72. The molecule has 1 saturated heterocycles. The van der Waals surface area contributed by atoms with E-state index in [0.29, 0.717) is 36.5 Å². The Morgan fingerprint density at radius 2 is 2.11 bits per heavy atom. The number of fused-ring (bicyclic) bond motifs is 1. The Morgan fingerprint density at radius 1 is 1.25 bits per heavy atom. The molecule has 1 unspecified atom stereocenters. The molecule has 0 radical (unpaired) electrons. The molecule has 2 aromatic carbocycles. The van der Waals surface area contributed by atoms with Gasteiger partial charge in [-0.1, -0.05) is 18.2 Å². The number of ether oxygens (including phenoxy) is 1. The summed E-state index contributed by atoms with van der Waals surface area (Å²) in [4.78, 5) is 14.4. The van der Waals surface area contributed by atoms with Gasteiger partial charge in [-0.2, -0.15) is 0 Å². The van der Waals surface area contributed by atoms with Crippen molar-refractivity contribution < 1.29 is 22.3 Å². The second kappa shape index (κ2) is 7.52. The maximum absolute atomic E-state index is 13.3. The first-order valence-corrected chi connectivity index (χ1v) is 10.9. The number of nitrogens with one attached hydrogen (secondary N) is 1. The van der Waals surface area contributed by atoms with Crippen LogP contribution in [0.5, 0.6) is 0 Å². The lowest BCUT2D eigenvalue weighted by atomic mass is 10.1. The average molecular weight is 404 g/mol. The number of benzene rings is 2. The highest BCUT2D eigenvalue weighted by Crippen LogP contribution is 2.33. The monoisotopic (exact) mass is 404 g/mol. The molecule has 0 aliphatic carbocycles. The number of carbonyl (C=O) groups is 1. The molecular formula is C20H21FN2O4S. The van der Waals surface area contributed by atoms with E-state index in [9.17, 15) is 17.6 Å². The third kappa shape index (κ3) is 4.02. The van der Waals surface area contributed by atoms with Crippen LogP contribution in [0.2, 0.25) is 0 Å². The smallest absolute Gasteiger partial charge is 0.256 e. The minimum atomic E-state index is -3.72. The molecule has 2 heterocycles. The molecule has 2 aliphatic heterocycles. The molecule has 0 aromatic heterocycles. The zero-order chi connectivity index (χ0) is 19.7. The third-order valence-electron chi connectivity index (χ3n) is 4.97.